The molecule has 1 heterocycles. The van der Waals surface area contributed by atoms with Gasteiger partial charge in [0.05, 0.1) is 11.7 Å². The first-order valence-electron chi connectivity index (χ1n) is 5.58. The summed E-state index contributed by atoms with van der Waals surface area (Å²) in [6.07, 6.45) is 0.432. The molecule has 0 amide bonds. The first-order valence-corrected chi connectivity index (χ1v) is 7.19. The van der Waals surface area contributed by atoms with Crippen molar-refractivity contribution in [1.82, 2.24) is 4.31 Å². The maximum Gasteiger partial charge on any atom is 0.308 e. The van der Waals surface area contributed by atoms with Crippen LogP contribution in [0.2, 0.25) is 0 Å². The van der Waals surface area contributed by atoms with Gasteiger partial charge in [-0.05, 0) is 12.3 Å². The van der Waals surface area contributed by atoms with Gasteiger partial charge in [-0.15, -0.1) is 0 Å². The van der Waals surface area contributed by atoms with E-state index in [0.29, 0.717) is 19.6 Å². The fraction of sp³-hybridized carbons (Fsp3) is 0.900. The van der Waals surface area contributed by atoms with Crippen molar-refractivity contribution in [2.75, 3.05) is 32.6 Å². The quantitative estimate of drug-likeness (QED) is 0.684. The Morgan fingerprint density at radius 2 is 2.12 bits per heavy atom. The molecule has 1 N–H and O–H groups in total. The van der Waals surface area contributed by atoms with Crippen LogP contribution in [-0.4, -0.2) is 56.4 Å². The Balaban J connectivity index is 2.60. The molecule has 100 valence electrons. The van der Waals surface area contributed by atoms with Crippen LogP contribution in [0.15, 0.2) is 0 Å². The second kappa shape index (κ2) is 5.79. The molecule has 0 aromatic heterocycles. The zero-order valence-corrected chi connectivity index (χ0v) is 10.9. The highest BCUT2D eigenvalue weighted by molar-refractivity contribution is 7.89. The van der Waals surface area contributed by atoms with Crippen molar-refractivity contribution in [3.05, 3.63) is 0 Å². The molecule has 7 heteroatoms. The first kappa shape index (κ1) is 14.4. The summed E-state index contributed by atoms with van der Waals surface area (Å²) < 4.78 is 29.9. The minimum Gasteiger partial charge on any atom is -0.481 e. The largest absolute Gasteiger partial charge is 0.481 e. The monoisotopic (exact) mass is 265 g/mol. The van der Waals surface area contributed by atoms with Gasteiger partial charge in [-0.1, -0.05) is 6.92 Å². The van der Waals surface area contributed by atoms with Crippen LogP contribution >= 0.6 is 0 Å². The Hall–Kier alpha value is -0.660. The fourth-order valence-corrected chi connectivity index (χ4v) is 3.58. The maximum absolute atomic E-state index is 11.9. The van der Waals surface area contributed by atoms with E-state index in [2.05, 4.69) is 0 Å². The van der Waals surface area contributed by atoms with Crippen LogP contribution in [0.25, 0.3) is 0 Å². The van der Waals surface area contributed by atoms with E-state index in [0.717, 1.165) is 0 Å². The summed E-state index contributed by atoms with van der Waals surface area (Å²) in [7, 11) is -1.82. The van der Waals surface area contributed by atoms with E-state index in [1.807, 2.05) is 0 Å². The third kappa shape index (κ3) is 3.65. The topological polar surface area (TPSA) is 83.9 Å². The van der Waals surface area contributed by atoms with E-state index in [-0.39, 0.29) is 18.2 Å². The molecule has 0 aliphatic carbocycles. The number of carboxylic acids is 1. The second-order valence-electron chi connectivity index (χ2n) is 4.40. The predicted molar refractivity (Wildman–Crippen MR) is 62.1 cm³/mol. The van der Waals surface area contributed by atoms with Crippen LogP contribution in [0.4, 0.5) is 0 Å². The number of hydrogen-bond donors (Lipinski definition) is 1. The normalized spacial score (nSPS) is 26.2. The minimum absolute atomic E-state index is 0.0138. The summed E-state index contributed by atoms with van der Waals surface area (Å²) in [5.41, 5.74) is 0. The summed E-state index contributed by atoms with van der Waals surface area (Å²) >= 11 is 0. The van der Waals surface area contributed by atoms with Crippen molar-refractivity contribution in [3.63, 3.8) is 0 Å². The minimum atomic E-state index is -3.34. The number of nitrogens with zero attached hydrogens (tertiary/aromatic N) is 1. The zero-order chi connectivity index (χ0) is 13.1. The highest BCUT2D eigenvalue weighted by Gasteiger charge is 2.39. The van der Waals surface area contributed by atoms with E-state index in [9.17, 15) is 13.2 Å². The molecule has 0 bridgehead atoms. The van der Waals surface area contributed by atoms with E-state index >= 15 is 0 Å². The number of carboxylic acid groups (broad SMARTS) is 1. The van der Waals surface area contributed by atoms with Crippen molar-refractivity contribution >= 4 is 16.0 Å². The maximum atomic E-state index is 11.9. The highest BCUT2D eigenvalue weighted by atomic mass is 32.2. The molecule has 0 aromatic rings. The van der Waals surface area contributed by atoms with E-state index < -0.39 is 21.9 Å². The number of carbonyl (C=O) groups is 1. The van der Waals surface area contributed by atoms with E-state index in [4.69, 9.17) is 9.84 Å². The van der Waals surface area contributed by atoms with Crippen molar-refractivity contribution in [2.45, 2.75) is 13.3 Å². The smallest absolute Gasteiger partial charge is 0.308 e. The molecule has 2 atom stereocenters. The highest BCUT2D eigenvalue weighted by Crippen LogP contribution is 2.25. The van der Waals surface area contributed by atoms with Gasteiger partial charge in [0.15, 0.2) is 0 Å². The van der Waals surface area contributed by atoms with E-state index in [1.54, 1.807) is 6.92 Å². The number of hydrogen-bond acceptors (Lipinski definition) is 4. The molecule has 0 spiro atoms. The number of rotatable bonds is 6. The molecule has 1 aliphatic rings. The van der Waals surface area contributed by atoms with Gasteiger partial charge in [0.1, 0.15) is 0 Å². The van der Waals surface area contributed by atoms with Crippen LogP contribution in [0.3, 0.4) is 0 Å². The molecular weight excluding hydrogens is 246 g/mol. The Kier molecular flexibility index (Phi) is 4.91. The molecule has 1 saturated heterocycles. The van der Waals surface area contributed by atoms with Gasteiger partial charge in [-0.3, -0.25) is 4.79 Å². The summed E-state index contributed by atoms with van der Waals surface area (Å²) in [4.78, 5) is 10.9. The van der Waals surface area contributed by atoms with Gasteiger partial charge in [0, 0.05) is 26.8 Å². The second-order valence-corrected chi connectivity index (χ2v) is 6.49. The first-order chi connectivity index (χ1) is 7.88. The molecule has 0 saturated carbocycles. The van der Waals surface area contributed by atoms with Gasteiger partial charge < -0.3 is 9.84 Å². The molecule has 0 aromatic carbocycles. The van der Waals surface area contributed by atoms with Crippen molar-refractivity contribution in [3.8, 4) is 0 Å². The Morgan fingerprint density at radius 1 is 1.47 bits per heavy atom. The lowest BCUT2D eigenvalue weighted by molar-refractivity contribution is -0.142. The molecule has 1 aliphatic heterocycles. The number of methoxy groups -OCH3 is 1. The SMILES string of the molecule is COCCCS(=O)(=O)N1C[C@@H](C)[C@H](C(=O)O)C1. The lowest BCUT2D eigenvalue weighted by atomic mass is 9.99. The molecule has 6 nitrogen and oxygen atoms in total. The average molecular weight is 265 g/mol. The van der Waals surface area contributed by atoms with Crippen LogP contribution in [0, 0.1) is 11.8 Å². The zero-order valence-electron chi connectivity index (χ0n) is 10.1. The Labute approximate surface area is 102 Å². The number of sulfonamides is 1. The Bertz CT molecular complexity index is 367. The lowest BCUT2D eigenvalue weighted by Crippen LogP contribution is -2.32. The average Bonchev–Trinajstić information content (AvgIpc) is 2.61. The van der Waals surface area contributed by atoms with Gasteiger partial charge in [-0.25, -0.2) is 12.7 Å². The lowest BCUT2D eigenvalue weighted by Gasteiger charge is -2.15. The predicted octanol–water partition coefficient (Wildman–Crippen LogP) is 0.00520. The van der Waals surface area contributed by atoms with Gasteiger partial charge in [-0.2, -0.15) is 0 Å². The summed E-state index contributed by atoms with van der Waals surface area (Å²) in [5, 5.41) is 8.94. The molecule has 0 radical (unpaired) electrons. The summed E-state index contributed by atoms with van der Waals surface area (Å²) in [6.45, 7) is 2.55. The number of ether oxygens (including phenoxy) is 1. The summed E-state index contributed by atoms with van der Waals surface area (Å²) in [5.74, 6) is -1.64. The molecule has 17 heavy (non-hydrogen) atoms. The van der Waals surface area contributed by atoms with E-state index in [1.165, 1.54) is 11.4 Å². The van der Waals surface area contributed by atoms with Crippen LogP contribution in [-0.2, 0) is 19.6 Å². The van der Waals surface area contributed by atoms with Crippen LogP contribution < -0.4 is 0 Å². The van der Waals surface area contributed by atoms with Crippen LogP contribution in [0.5, 0.6) is 0 Å². The van der Waals surface area contributed by atoms with Crippen molar-refractivity contribution in [1.29, 1.82) is 0 Å². The van der Waals surface area contributed by atoms with Gasteiger partial charge >= 0.3 is 5.97 Å². The third-order valence-electron chi connectivity index (χ3n) is 3.04. The van der Waals surface area contributed by atoms with Gasteiger partial charge in [0.2, 0.25) is 10.0 Å². The van der Waals surface area contributed by atoms with Crippen molar-refractivity contribution in [2.24, 2.45) is 11.8 Å². The summed E-state index contributed by atoms with van der Waals surface area (Å²) in [6, 6.07) is 0. The van der Waals surface area contributed by atoms with Gasteiger partial charge in [0.25, 0.3) is 0 Å². The van der Waals surface area contributed by atoms with Crippen molar-refractivity contribution < 1.29 is 23.1 Å². The fourth-order valence-electron chi connectivity index (χ4n) is 1.99. The molecular formula is C10H19NO5S. The third-order valence-corrected chi connectivity index (χ3v) is 4.93. The number of aliphatic carboxylic acids is 1. The Morgan fingerprint density at radius 3 is 2.59 bits per heavy atom. The molecule has 1 rings (SSSR count). The molecule has 1 fully saturated rings. The molecule has 0 unspecified atom stereocenters. The van der Waals surface area contributed by atoms with Crippen LogP contribution in [0.1, 0.15) is 13.3 Å². The standard InChI is InChI=1S/C10H19NO5S/c1-8-6-11(7-9(8)10(12)13)17(14,15)5-3-4-16-2/h8-9H,3-7H2,1-2H3,(H,12,13)/t8-,9-/m1/s1.